The Hall–Kier alpha value is -3.31. The molecule has 3 rings (SSSR count). The van der Waals surface area contributed by atoms with Crippen LogP contribution in [0, 0.1) is 0 Å². The van der Waals surface area contributed by atoms with E-state index in [9.17, 15) is 9.59 Å². The molecular weight excluding hydrogens is 402 g/mol. The van der Waals surface area contributed by atoms with E-state index in [2.05, 4.69) is 5.32 Å². The van der Waals surface area contributed by atoms with Crippen molar-refractivity contribution in [2.45, 2.75) is 12.5 Å². The standard InChI is InChI=1S/C24H22ClNO4/c25-21-14-8-7-13-20(21)24(28)26-22(18-9-3-1-4-10-18)17-23(27)30-16-15-29-19-11-5-2-6-12-19/h1-14,22H,15-17H2,(H,26,28)/t22-/m1/s1. The molecular formula is C24H22ClNO4. The third-order valence-electron chi connectivity index (χ3n) is 4.35. The van der Waals surface area contributed by atoms with E-state index in [1.165, 1.54) is 0 Å². The van der Waals surface area contributed by atoms with E-state index in [-0.39, 0.29) is 25.5 Å². The molecule has 0 aliphatic rings. The highest BCUT2D eigenvalue weighted by Gasteiger charge is 2.21. The van der Waals surface area contributed by atoms with Crippen molar-refractivity contribution in [1.82, 2.24) is 5.32 Å². The van der Waals surface area contributed by atoms with Crippen LogP contribution in [0.2, 0.25) is 5.02 Å². The molecule has 0 fully saturated rings. The number of rotatable bonds is 9. The van der Waals surface area contributed by atoms with Gasteiger partial charge in [0, 0.05) is 0 Å². The van der Waals surface area contributed by atoms with Crippen LogP contribution in [-0.2, 0) is 9.53 Å². The number of para-hydroxylation sites is 1. The lowest BCUT2D eigenvalue weighted by molar-refractivity contribution is -0.144. The lowest BCUT2D eigenvalue weighted by Gasteiger charge is -2.19. The maximum absolute atomic E-state index is 12.7. The predicted molar refractivity (Wildman–Crippen MR) is 116 cm³/mol. The van der Waals surface area contributed by atoms with Crippen LogP contribution in [0.15, 0.2) is 84.9 Å². The third-order valence-corrected chi connectivity index (χ3v) is 4.68. The first-order valence-electron chi connectivity index (χ1n) is 9.57. The van der Waals surface area contributed by atoms with Gasteiger partial charge in [0.2, 0.25) is 0 Å². The molecule has 6 heteroatoms. The number of carbonyl (C=O) groups excluding carboxylic acids is 2. The Morgan fingerprint density at radius 3 is 2.17 bits per heavy atom. The topological polar surface area (TPSA) is 64.6 Å². The first-order chi connectivity index (χ1) is 14.6. The van der Waals surface area contributed by atoms with Gasteiger partial charge in [-0.1, -0.05) is 72.3 Å². The second kappa shape index (κ2) is 11.0. The van der Waals surface area contributed by atoms with E-state index in [1.807, 2.05) is 60.7 Å². The zero-order chi connectivity index (χ0) is 21.2. The summed E-state index contributed by atoms with van der Waals surface area (Å²) in [5.41, 5.74) is 1.15. The fraction of sp³-hybridized carbons (Fsp3) is 0.167. The van der Waals surface area contributed by atoms with Gasteiger partial charge in [-0.25, -0.2) is 0 Å². The average molecular weight is 424 g/mol. The van der Waals surface area contributed by atoms with Gasteiger partial charge in [-0.3, -0.25) is 9.59 Å². The van der Waals surface area contributed by atoms with Crippen molar-refractivity contribution in [3.05, 3.63) is 101 Å². The molecule has 3 aromatic rings. The number of amides is 1. The molecule has 1 amide bonds. The molecule has 0 heterocycles. The van der Waals surface area contributed by atoms with Crippen LogP contribution in [-0.4, -0.2) is 25.1 Å². The zero-order valence-electron chi connectivity index (χ0n) is 16.3. The van der Waals surface area contributed by atoms with E-state index >= 15 is 0 Å². The van der Waals surface area contributed by atoms with Crippen molar-refractivity contribution in [2.24, 2.45) is 0 Å². The number of carbonyl (C=O) groups is 2. The Bertz CT molecular complexity index is 963. The SMILES string of the molecule is O=C(C[C@@H](NC(=O)c1ccccc1Cl)c1ccccc1)OCCOc1ccccc1. The van der Waals surface area contributed by atoms with Crippen LogP contribution in [0.4, 0.5) is 0 Å². The fourth-order valence-electron chi connectivity index (χ4n) is 2.88. The van der Waals surface area contributed by atoms with Crippen LogP contribution >= 0.6 is 11.6 Å². The summed E-state index contributed by atoms with van der Waals surface area (Å²) in [5, 5.41) is 3.23. The Balaban J connectivity index is 1.58. The monoisotopic (exact) mass is 423 g/mol. The first-order valence-corrected chi connectivity index (χ1v) is 9.95. The molecule has 1 N–H and O–H groups in total. The van der Waals surface area contributed by atoms with E-state index in [1.54, 1.807) is 24.3 Å². The van der Waals surface area contributed by atoms with E-state index in [0.717, 1.165) is 5.56 Å². The highest BCUT2D eigenvalue weighted by Crippen LogP contribution is 2.20. The minimum absolute atomic E-state index is 0.00839. The zero-order valence-corrected chi connectivity index (χ0v) is 17.0. The summed E-state index contributed by atoms with van der Waals surface area (Å²) < 4.78 is 10.8. The van der Waals surface area contributed by atoms with Gasteiger partial charge in [-0.2, -0.15) is 0 Å². The fourth-order valence-corrected chi connectivity index (χ4v) is 3.10. The lowest BCUT2D eigenvalue weighted by atomic mass is 10.0. The molecule has 0 bridgehead atoms. The molecule has 1 atom stereocenters. The molecule has 154 valence electrons. The number of ether oxygens (including phenoxy) is 2. The molecule has 30 heavy (non-hydrogen) atoms. The number of hydrogen-bond donors (Lipinski definition) is 1. The van der Waals surface area contributed by atoms with Gasteiger partial charge < -0.3 is 14.8 Å². The van der Waals surface area contributed by atoms with E-state index < -0.39 is 12.0 Å². The Morgan fingerprint density at radius 1 is 0.833 bits per heavy atom. The summed E-state index contributed by atoms with van der Waals surface area (Å²) in [6.07, 6.45) is -0.00839. The van der Waals surface area contributed by atoms with Crippen molar-refractivity contribution < 1.29 is 19.1 Å². The van der Waals surface area contributed by atoms with Crippen LogP contribution in [0.5, 0.6) is 5.75 Å². The van der Waals surface area contributed by atoms with Crippen molar-refractivity contribution in [3.8, 4) is 5.75 Å². The number of halogens is 1. The van der Waals surface area contributed by atoms with E-state index in [0.29, 0.717) is 16.3 Å². The molecule has 0 radical (unpaired) electrons. The van der Waals surface area contributed by atoms with Crippen molar-refractivity contribution in [2.75, 3.05) is 13.2 Å². The minimum atomic E-state index is -0.544. The predicted octanol–water partition coefficient (Wildman–Crippen LogP) is 4.82. The summed E-state index contributed by atoms with van der Waals surface area (Å²) >= 11 is 6.12. The minimum Gasteiger partial charge on any atom is -0.490 e. The van der Waals surface area contributed by atoms with Crippen molar-refractivity contribution in [1.29, 1.82) is 0 Å². The largest absolute Gasteiger partial charge is 0.490 e. The van der Waals surface area contributed by atoms with Crippen LogP contribution in [0.25, 0.3) is 0 Å². The first kappa shape index (κ1) is 21.4. The normalized spacial score (nSPS) is 11.4. The summed E-state index contributed by atoms with van der Waals surface area (Å²) in [6.45, 7) is 0.367. The third kappa shape index (κ3) is 6.36. The maximum Gasteiger partial charge on any atom is 0.308 e. The lowest BCUT2D eigenvalue weighted by Crippen LogP contribution is -2.31. The van der Waals surface area contributed by atoms with E-state index in [4.69, 9.17) is 21.1 Å². The molecule has 0 spiro atoms. The van der Waals surface area contributed by atoms with Gasteiger partial charge in [0.15, 0.2) is 0 Å². The summed E-state index contributed by atoms with van der Waals surface area (Å²) in [4.78, 5) is 25.0. The van der Waals surface area contributed by atoms with Crippen LogP contribution < -0.4 is 10.1 Å². The van der Waals surface area contributed by atoms with Crippen molar-refractivity contribution >= 4 is 23.5 Å². The molecule has 5 nitrogen and oxygen atoms in total. The molecule has 0 saturated carbocycles. The Morgan fingerprint density at radius 2 is 1.47 bits per heavy atom. The second-order valence-corrected chi connectivity index (χ2v) is 6.91. The molecule has 0 aliphatic carbocycles. The maximum atomic E-state index is 12.7. The molecule has 0 aromatic heterocycles. The summed E-state index contributed by atoms with van der Waals surface area (Å²) in [6, 6.07) is 24.8. The molecule has 3 aromatic carbocycles. The van der Waals surface area contributed by atoms with Gasteiger partial charge in [0.05, 0.1) is 23.0 Å². The van der Waals surface area contributed by atoms with Gasteiger partial charge >= 0.3 is 5.97 Å². The smallest absolute Gasteiger partial charge is 0.308 e. The highest BCUT2D eigenvalue weighted by molar-refractivity contribution is 6.33. The molecule has 0 aliphatic heterocycles. The van der Waals surface area contributed by atoms with Crippen molar-refractivity contribution in [3.63, 3.8) is 0 Å². The quantitative estimate of drug-likeness (QED) is 0.395. The Labute approximate surface area is 180 Å². The van der Waals surface area contributed by atoms with Gasteiger partial charge in [0.1, 0.15) is 19.0 Å². The number of nitrogens with one attached hydrogen (secondary N) is 1. The molecule has 0 unspecified atom stereocenters. The molecule has 0 saturated heterocycles. The number of esters is 1. The Kier molecular flexibility index (Phi) is 7.86. The highest BCUT2D eigenvalue weighted by atomic mass is 35.5. The average Bonchev–Trinajstić information content (AvgIpc) is 2.78. The number of benzene rings is 3. The van der Waals surface area contributed by atoms with Gasteiger partial charge in [-0.05, 0) is 29.8 Å². The second-order valence-electron chi connectivity index (χ2n) is 6.50. The van der Waals surface area contributed by atoms with Crippen LogP contribution in [0.1, 0.15) is 28.4 Å². The summed E-state index contributed by atoms with van der Waals surface area (Å²) in [5.74, 6) is -0.0719. The number of hydrogen-bond acceptors (Lipinski definition) is 4. The van der Waals surface area contributed by atoms with Crippen LogP contribution in [0.3, 0.4) is 0 Å². The van der Waals surface area contributed by atoms with Gasteiger partial charge in [-0.15, -0.1) is 0 Å². The van der Waals surface area contributed by atoms with Gasteiger partial charge in [0.25, 0.3) is 5.91 Å². The summed E-state index contributed by atoms with van der Waals surface area (Å²) in [7, 11) is 0.